The van der Waals surface area contributed by atoms with Crippen molar-refractivity contribution in [3.8, 4) is 0 Å². The Balaban J connectivity index is 1.66. The Morgan fingerprint density at radius 2 is 2.39 bits per heavy atom. The summed E-state index contributed by atoms with van der Waals surface area (Å²) in [5.74, 6) is 0.445. The smallest absolute Gasteiger partial charge is 0.229 e. The van der Waals surface area contributed by atoms with Crippen LogP contribution in [0.1, 0.15) is 19.3 Å². The number of aromatic amines is 1. The molecule has 1 fully saturated rings. The first-order valence-electron chi connectivity index (χ1n) is 6.17. The summed E-state index contributed by atoms with van der Waals surface area (Å²) in [6, 6.07) is 7.68. The molecule has 2 heterocycles. The molecule has 5 heteroatoms. The third kappa shape index (κ3) is 2.36. The molecule has 1 amide bonds. The van der Waals surface area contributed by atoms with Gasteiger partial charge in [0.25, 0.3) is 0 Å². The van der Waals surface area contributed by atoms with E-state index in [1.165, 1.54) is 0 Å². The second-order valence-corrected chi connectivity index (χ2v) is 4.49. The highest BCUT2D eigenvalue weighted by Gasteiger charge is 2.19. The van der Waals surface area contributed by atoms with Crippen molar-refractivity contribution in [2.24, 2.45) is 0 Å². The van der Waals surface area contributed by atoms with E-state index in [4.69, 9.17) is 4.74 Å². The van der Waals surface area contributed by atoms with Crippen LogP contribution >= 0.6 is 0 Å². The van der Waals surface area contributed by atoms with Crippen LogP contribution in [0.2, 0.25) is 0 Å². The lowest BCUT2D eigenvalue weighted by Gasteiger charge is -2.07. The first-order chi connectivity index (χ1) is 8.81. The van der Waals surface area contributed by atoms with Crippen LogP contribution in [-0.2, 0) is 9.53 Å². The minimum absolute atomic E-state index is 0.0547. The Morgan fingerprint density at radius 3 is 3.17 bits per heavy atom. The molecule has 0 aliphatic carbocycles. The average molecular weight is 245 g/mol. The molecular formula is C13H15N3O2. The molecule has 94 valence electrons. The van der Waals surface area contributed by atoms with E-state index in [0.29, 0.717) is 12.4 Å². The first kappa shape index (κ1) is 11.2. The van der Waals surface area contributed by atoms with E-state index in [-0.39, 0.29) is 12.0 Å². The minimum Gasteiger partial charge on any atom is -0.378 e. The number of carbonyl (C=O) groups excluding carboxylic acids is 1. The van der Waals surface area contributed by atoms with Crippen LogP contribution < -0.4 is 5.32 Å². The van der Waals surface area contributed by atoms with Gasteiger partial charge < -0.3 is 9.72 Å². The third-order valence-corrected chi connectivity index (χ3v) is 3.08. The van der Waals surface area contributed by atoms with Gasteiger partial charge in [-0.25, -0.2) is 4.98 Å². The summed E-state index contributed by atoms with van der Waals surface area (Å²) < 4.78 is 5.43. The molecule has 3 rings (SSSR count). The van der Waals surface area contributed by atoms with Gasteiger partial charge in [0, 0.05) is 6.61 Å². The highest BCUT2D eigenvalue weighted by Crippen LogP contribution is 2.17. The molecule has 1 aliphatic heterocycles. The Hall–Kier alpha value is -1.88. The molecule has 2 aromatic rings. The fraction of sp³-hybridized carbons (Fsp3) is 0.385. The predicted molar refractivity (Wildman–Crippen MR) is 68.3 cm³/mol. The maximum atomic E-state index is 11.8. The number of ether oxygens (including phenoxy) is 1. The average Bonchev–Trinajstić information content (AvgIpc) is 2.96. The molecule has 0 bridgehead atoms. The van der Waals surface area contributed by atoms with E-state index in [9.17, 15) is 4.79 Å². The van der Waals surface area contributed by atoms with Gasteiger partial charge in [-0.15, -0.1) is 0 Å². The molecule has 2 N–H and O–H groups in total. The molecule has 18 heavy (non-hydrogen) atoms. The van der Waals surface area contributed by atoms with Crippen molar-refractivity contribution in [3.05, 3.63) is 24.3 Å². The third-order valence-electron chi connectivity index (χ3n) is 3.08. The van der Waals surface area contributed by atoms with E-state index in [1.807, 2.05) is 24.3 Å². The summed E-state index contributed by atoms with van der Waals surface area (Å²) in [7, 11) is 0. The zero-order chi connectivity index (χ0) is 12.4. The quantitative estimate of drug-likeness (QED) is 0.869. The van der Waals surface area contributed by atoms with Crippen molar-refractivity contribution in [1.82, 2.24) is 9.97 Å². The molecule has 0 spiro atoms. The number of rotatable bonds is 3. The van der Waals surface area contributed by atoms with Gasteiger partial charge in [-0.1, -0.05) is 12.1 Å². The molecular weight excluding hydrogens is 230 g/mol. The molecule has 5 nitrogen and oxygen atoms in total. The van der Waals surface area contributed by atoms with E-state index >= 15 is 0 Å². The molecule has 1 atom stereocenters. The number of aromatic nitrogens is 2. The van der Waals surface area contributed by atoms with Gasteiger partial charge in [-0.05, 0) is 25.0 Å². The summed E-state index contributed by atoms with van der Waals surface area (Å²) in [6.07, 6.45) is 2.47. The van der Waals surface area contributed by atoms with Crippen molar-refractivity contribution in [2.45, 2.75) is 25.4 Å². The van der Waals surface area contributed by atoms with E-state index in [2.05, 4.69) is 15.3 Å². The fourth-order valence-electron chi connectivity index (χ4n) is 2.21. The topological polar surface area (TPSA) is 67.0 Å². The van der Waals surface area contributed by atoms with Gasteiger partial charge in [-0.3, -0.25) is 10.1 Å². The van der Waals surface area contributed by atoms with Gasteiger partial charge in [0.05, 0.1) is 23.6 Å². The number of benzene rings is 1. The van der Waals surface area contributed by atoms with Gasteiger partial charge in [0.15, 0.2) is 0 Å². The minimum atomic E-state index is -0.0547. The molecule has 1 unspecified atom stereocenters. The number of amides is 1. The summed E-state index contributed by atoms with van der Waals surface area (Å²) in [6.45, 7) is 0.766. The number of imidazole rings is 1. The fourth-order valence-corrected chi connectivity index (χ4v) is 2.21. The van der Waals surface area contributed by atoms with Crippen LogP contribution in [0.25, 0.3) is 11.0 Å². The number of hydrogen-bond donors (Lipinski definition) is 2. The number of carbonyl (C=O) groups is 1. The largest absolute Gasteiger partial charge is 0.378 e. The Labute approximate surface area is 105 Å². The van der Waals surface area contributed by atoms with E-state index in [0.717, 1.165) is 30.5 Å². The van der Waals surface area contributed by atoms with Gasteiger partial charge in [0.1, 0.15) is 0 Å². The van der Waals surface area contributed by atoms with Crippen LogP contribution in [0.5, 0.6) is 0 Å². The summed E-state index contributed by atoms with van der Waals surface area (Å²) >= 11 is 0. The van der Waals surface area contributed by atoms with E-state index in [1.54, 1.807) is 0 Å². The van der Waals surface area contributed by atoms with E-state index < -0.39 is 0 Å². The molecule has 0 radical (unpaired) electrons. The Bertz CT molecular complexity index is 525. The lowest BCUT2D eigenvalue weighted by Crippen LogP contribution is -2.19. The molecule has 1 saturated heterocycles. The number of H-pyrrole nitrogens is 1. The summed E-state index contributed by atoms with van der Waals surface area (Å²) in [5, 5.41) is 2.77. The number of anilines is 1. The van der Waals surface area contributed by atoms with Crippen molar-refractivity contribution in [3.63, 3.8) is 0 Å². The van der Waals surface area contributed by atoms with Gasteiger partial charge in [0.2, 0.25) is 11.9 Å². The second kappa shape index (κ2) is 4.78. The van der Waals surface area contributed by atoms with Crippen LogP contribution in [0.4, 0.5) is 5.95 Å². The summed E-state index contributed by atoms with van der Waals surface area (Å²) in [4.78, 5) is 19.2. The zero-order valence-electron chi connectivity index (χ0n) is 9.98. The Kier molecular flexibility index (Phi) is 2.98. The number of nitrogens with zero attached hydrogens (tertiary/aromatic N) is 1. The van der Waals surface area contributed by atoms with Gasteiger partial charge in [-0.2, -0.15) is 0 Å². The molecule has 1 aromatic heterocycles. The standard InChI is InChI=1S/C13H15N3O2/c17-12(8-9-4-3-7-18-9)16-13-14-10-5-1-2-6-11(10)15-13/h1-2,5-6,9H,3-4,7-8H2,(H2,14,15,16,17). The lowest BCUT2D eigenvalue weighted by molar-refractivity contribution is -0.118. The van der Waals surface area contributed by atoms with Crippen LogP contribution in [0, 0.1) is 0 Å². The number of para-hydroxylation sites is 2. The summed E-state index contributed by atoms with van der Waals surface area (Å²) in [5.41, 5.74) is 1.77. The highest BCUT2D eigenvalue weighted by molar-refractivity contribution is 5.91. The van der Waals surface area contributed by atoms with Crippen LogP contribution in [0.15, 0.2) is 24.3 Å². The second-order valence-electron chi connectivity index (χ2n) is 4.49. The lowest BCUT2D eigenvalue weighted by atomic mass is 10.2. The zero-order valence-corrected chi connectivity index (χ0v) is 9.98. The molecule has 1 aliphatic rings. The normalized spacial score (nSPS) is 19.2. The monoisotopic (exact) mass is 245 g/mol. The predicted octanol–water partition coefficient (Wildman–Crippen LogP) is 2.07. The highest BCUT2D eigenvalue weighted by atomic mass is 16.5. The number of fused-ring (bicyclic) bond motifs is 1. The maximum absolute atomic E-state index is 11.8. The SMILES string of the molecule is O=C(CC1CCCO1)Nc1nc2ccccc2[nH]1. The first-order valence-corrected chi connectivity index (χ1v) is 6.17. The number of nitrogens with one attached hydrogen (secondary N) is 2. The van der Waals surface area contributed by atoms with Crippen molar-refractivity contribution in [2.75, 3.05) is 11.9 Å². The van der Waals surface area contributed by atoms with Crippen molar-refractivity contribution in [1.29, 1.82) is 0 Å². The number of hydrogen-bond acceptors (Lipinski definition) is 3. The Morgan fingerprint density at radius 1 is 1.50 bits per heavy atom. The van der Waals surface area contributed by atoms with Crippen LogP contribution in [0.3, 0.4) is 0 Å². The molecule has 0 saturated carbocycles. The van der Waals surface area contributed by atoms with Crippen molar-refractivity contribution >= 4 is 22.9 Å². The van der Waals surface area contributed by atoms with Crippen molar-refractivity contribution < 1.29 is 9.53 Å². The van der Waals surface area contributed by atoms with Crippen LogP contribution in [-0.4, -0.2) is 28.6 Å². The maximum Gasteiger partial charge on any atom is 0.229 e. The van der Waals surface area contributed by atoms with Gasteiger partial charge >= 0.3 is 0 Å². The molecule has 1 aromatic carbocycles.